The van der Waals surface area contributed by atoms with Gasteiger partial charge in [-0.15, -0.1) is 0 Å². The van der Waals surface area contributed by atoms with E-state index in [0.717, 1.165) is 16.5 Å². The van der Waals surface area contributed by atoms with Gasteiger partial charge in [-0.2, -0.15) is 0 Å². The molecule has 2 aromatic carbocycles. The van der Waals surface area contributed by atoms with Crippen molar-refractivity contribution >= 4 is 16.9 Å². The van der Waals surface area contributed by atoms with E-state index in [1.54, 1.807) is 12.1 Å². The highest BCUT2D eigenvalue weighted by Crippen LogP contribution is 2.29. The van der Waals surface area contributed by atoms with Crippen LogP contribution in [0.25, 0.3) is 22.2 Å². The quantitative estimate of drug-likeness (QED) is 0.729. The molecule has 0 radical (unpaired) electrons. The molecule has 0 atom stereocenters. The number of aromatic nitrogens is 1. The monoisotopic (exact) mass is 298 g/mol. The molecule has 3 aromatic rings. The second kappa shape index (κ2) is 5.61. The third-order valence-corrected chi connectivity index (χ3v) is 3.61. The summed E-state index contributed by atoms with van der Waals surface area (Å²) >= 11 is 0. The van der Waals surface area contributed by atoms with Gasteiger partial charge in [0, 0.05) is 28.7 Å². The molecule has 5 heteroatoms. The molecule has 0 aliphatic heterocycles. The Hall–Kier alpha value is -2.66. The van der Waals surface area contributed by atoms with Gasteiger partial charge in [-0.3, -0.25) is 0 Å². The van der Waals surface area contributed by atoms with Crippen molar-refractivity contribution in [3.8, 4) is 11.3 Å². The van der Waals surface area contributed by atoms with Crippen molar-refractivity contribution in [2.75, 3.05) is 7.11 Å². The molecule has 0 saturated carbocycles. The first-order chi connectivity index (χ1) is 10.6. The van der Waals surface area contributed by atoms with Crippen LogP contribution in [0.3, 0.4) is 0 Å². The van der Waals surface area contributed by atoms with Gasteiger partial charge in [-0.25, -0.2) is 9.18 Å². The lowest BCUT2D eigenvalue weighted by Crippen LogP contribution is -2.06. The zero-order chi connectivity index (χ0) is 15.7. The minimum Gasteiger partial charge on any atom is -0.465 e. The van der Waals surface area contributed by atoms with Crippen molar-refractivity contribution < 1.29 is 13.9 Å². The average molecular weight is 298 g/mol. The zero-order valence-electron chi connectivity index (χ0n) is 12.0. The summed E-state index contributed by atoms with van der Waals surface area (Å²) in [6.07, 6.45) is 0. The first-order valence-electron chi connectivity index (χ1n) is 6.83. The topological polar surface area (TPSA) is 68.1 Å². The van der Waals surface area contributed by atoms with Crippen LogP contribution in [0.15, 0.2) is 42.5 Å². The van der Waals surface area contributed by atoms with Crippen LogP contribution >= 0.6 is 0 Å². The number of methoxy groups -OCH3 is 1. The number of ether oxygens (including phenoxy) is 1. The Kier molecular flexibility index (Phi) is 3.65. The summed E-state index contributed by atoms with van der Waals surface area (Å²) in [5.41, 5.74) is 8.59. The van der Waals surface area contributed by atoms with E-state index in [4.69, 9.17) is 5.73 Å². The third kappa shape index (κ3) is 2.35. The van der Waals surface area contributed by atoms with Gasteiger partial charge in [0.25, 0.3) is 0 Å². The highest BCUT2D eigenvalue weighted by atomic mass is 19.1. The Bertz CT molecular complexity index is 855. The molecule has 1 aromatic heterocycles. The van der Waals surface area contributed by atoms with Crippen LogP contribution in [0.2, 0.25) is 0 Å². The normalized spacial score (nSPS) is 10.9. The molecule has 0 spiro atoms. The number of aromatic amines is 1. The Balaban J connectivity index is 2.19. The average Bonchev–Trinajstić information content (AvgIpc) is 2.96. The fourth-order valence-corrected chi connectivity index (χ4v) is 2.51. The molecule has 0 bridgehead atoms. The van der Waals surface area contributed by atoms with Crippen LogP contribution in [0, 0.1) is 5.82 Å². The molecule has 3 N–H and O–H groups in total. The van der Waals surface area contributed by atoms with Crippen LogP contribution in [0.5, 0.6) is 0 Å². The van der Waals surface area contributed by atoms with Gasteiger partial charge in [0.15, 0.2) is 0 Å². The lowest BCUT2D eigenvalue weighted by atomic mass is 10.0. The van der Waals surface area contributed by atoms with Crippen molar-refractivity contribution in [1.82, 2.24) is 4.98 Å². The van der Waals surface area contributed by atoms with Gasteiger partial charge in [0.1, 0.15) is 11.4 Å². The van der Waals surface area contributed by atoms with Crippen molar-refractivity contribution in [1.29, 1.82) is 0 Å². The van der Waals surface area contributed by atoms with Gasteiger partial charge in [-0.05, 0) is 29.8 Å². The minimum absolute atomic E-state index is 0.0735. The summed E-state index contributed by atoms with van der Waals surface area (Å²) in [5, 5.41) is 0.957. The molecule has 3 rings (SSSR count). The smallest absolute Gasteiger partial charge is 0.341 e. The van der Waals surface area contributed by atoms with E-state index in [-0.39, 0.29) is 5.56 Å². The van der Waals surface area contributed by atoms with Crippen LogP contribution in [0.4, 0.5) is 4.39 Å². The number of H-pyrrole nitrogens is 1. The van der Waals surface area contributed by atoms with Gasteiger partial charge in [0.2, 0.25) is 0 Å². The highest BCUT2D eigenvalue weighted by molar-refractivity contribution is 5.98. The summed E-state index contributed by atoms with van der Waals surface area (Å²) in [6, 6.07) is 12.2. The van der Waals surface area contributed by atoms with E-state index >= 15 is 0 Å². The fraction of sp³-hybridized carbons (Fsp3) is 0.118. The van der Waals surface area contributed by atoms with E-state index in [1.807, 2.05) is 24.3 Å². The number of nitrogens with one attached hydrogen (secondary N) is 1. The van der Waals surface area contributed by atoms with Crippen molar-refractivity contribution in [3.05, 3.63) is 59.4 Å². The molecule has 0 aliphatic carbocycles. The number of benzene rings is 2. The Morgan fingerprint density at radius 2 is 2.09 bits per heavy atom. The minimum atomic E-state index is -0.700. The molecule has 0 aliphatic rings. The number of halogens is 1. The lowest BCUT2D eigenvalue weighted by Gasteiger charge is -2.07. The first-order valence-corrected chi connectivity index (χ1v) is 6.83. The molecule has 0 unspecified atom stereocenters. The Morgan fingerprint density at radius 3 is 2.82 bits per heavy atom. The number of nitrogens with two attached hydrogens (primary N) is 1. The number of carbonyl (C=O) groups excluding carboxylic acids is 1. The molecule has 0 fully saturated rings. The predicted molar refractivity (Wildman–Crippen MR) is 82.9 cm³/mol. The van der Waals surface area contributed by atoms with E-state index in [2.05, 4.69) is 9.72 Å². The molecule has 1 heterocycles. The second-order valence-electron chi connectivity index (χ2n) is 4.96. The van der Waals surface area contributed by atoms with Crippen molar-refractivity contribution in [2.24, 2.45) is 5.73 Å². The van der Waals surface area contributed by atoms with Crippen molar-refractivity contribution in [3.63, 3.8) is 0 Å². The molecule has 0 saturated heterocycles. The standard InChI is InChI=1S/C17H15FN2O2/c1-22-17(21)16-12(3-2-4-13(16)18)15-8-11-7-10(9-19)5-6-14(11)20-15/h2-8,20H,9,19H2,1H3. The third-order valence-electron chi connectivity index (χ3n) is 3.61. The van der Waals surface area contributed by atoms with E-state index < -0.39 is 11.8 Å². The predicted octanol–water partition coefficient (Wildman–Crippen LogP) is 3.22. The van der Waals surface area contributed by atoms with Crippen LogP contribution in [0.1, 0.15) is 15.9 Å². The van der Waals surface area contributed by atoms with Crippen LogP contribution < -0.4 is 5.73 Å². The maximum Gasteiger partial charge on any atom is 0.341 e. The number of hydrogen-bond acceptors (Lipinski definition) is 3. The molecule has 4 nitrogen and oxygen atoms in total. The summed E-state index contributed by atoms with van der Waals surface area (Å²) in [5.74, 6) is -1.31. The summed E-state index contributed by atoms with van der Waals surface area (Å²) in [7, 11) is 1.23. The molecular formula is C17H15FN2O2. The second-order valence-corrected chi connectivity index (χ2v) is 4.96. The fourth-order valence-electron chi connectivity index (χ4n) is 2.51. The number of hydrogen-bond donors (Lipinski definition) is 2. The van der Waals surface area contributed by atoms with Gasteiger partial charge < -0.3 is 15.5 Å². The molecule has 0 amide bonds. The number of esters is 1. The molecule has 22 heavy (non-hydrogen) atoms. The largest absolute Gasteiger partial charge is 0.465 e. The first kappa shape index (κ1) is 14.3. The van der Waals surface area contributed by atoms with E-state index in [9.17, 15) is 9.18 Å². The molecule has 112 valence electrons. The van der Waals surface area contributed by atoms with Gasteiger partial charge in [-0.1, -0.05) is 18.2 Å². The van der Waals surface area contributed by atoms with Crippen molar-refractivity contribution in [2.45, 2.75) is 6.54 Å². The van der Waals surface area contributed by atoms with Crippen LogP contribution in [-0.4, -0.2) is 18.1 Å². The Labute approximate surface area is 126 Å². The van der Waals surface area contributed by atoms with Crippen LogP contribution in [-0.2, 0) is 11.3 Å². The lowest BCUT2D eigenvalue weighted by molar-refractivity contribution is 0.0596. The zero-order valence-corrected chi connectivity index (χ0v) is 12.0. The van der Waals surface area contributed by atoms with E-state index in [1.165, 1.54) is 13.2 Å². The maximum atomic E-state index is 14.0. The number of rotatable bonds is 3. The van der Waals surface area contributed by atoms with E-state index in [0.29, 0.717) is 17.8 Å². The molecular weight excluding hydrogens is 283 g/mol. The Morgan fingerprint density at radius 1 is 1.27 bits per heavy atom. The summed E-state index contributed by atoms with van der Waals surface area (Å²) in [4.78, 5) is 15.0. The summed E-state index contributed by atoms with van der Waals surface area (Å²) in [6.45, 7) is 0.448. The van der Waals surface area contributed by atoms with Gasteiger partial charge >= 0.3 is 5.97 Å². The maximum absolute atomic E-state index is 14.0. The van der Waals surface area contributed by atoms with Gasteiger partial charge in [0.05, 0.1) is 7.11 Å². The number of fused-ring (bicyclic) bond motifs is 1. The highest BCUT2D eigenvalue weighted by Gasteiger charge is 2.19. The number of carbonyl (C=O) groups is 1. The summed E-state index contributed by atoms with van der Waals surface area (Å²) < 4.78 is 18.7. The SMILES string of the molecule is COC(=O)c1c(F)cccc1-c1cc2cc(CN)ccc2[nH]1.